The summed E-state index contributed by atoms with van der Waals surface area (Å²) in [5, 5.41) is 18.0. The van der Waals surface area contributed by atoms with Gasteiger partial charge in [-0.2, -0.15) is 8.42 Å². The largest absolute Gasteiger partial charge is 0.377 e. The molecule has 0 spiro atoms. The molecule has 0 aromatic carbocycles. The molecule has 108 valence electrons. The van der Waals surface area contributed by atoms with Gasteiger partial charge in [0.05, 0.1) is 0 Å². The molecule has 0 aromatic rings. The predicted octanol–water partition coefficient (Wildman–Crippen LogP) is -0.244. The number of aliphatic hydroxyl groups excluding tert-OH is 2. The average Bonchev–Trinajstić information content (AvgIpc) is 2.26. The SMILES string of the molecule is O=S(O)C(O)C1CCCC(C(O)S(=O)(=O)O)C1Cl. The van der Waals surface area contributed by atoms with Gasteiger partial charge in [0.1, 0.15) is 0 Å². The van der Waals surface area contributed by atoms with Crippen molar-refractivity contribution in [2.75, 3.05) is 0 Å². The maximum absolute atomic E-state index is 10.9. The zero-order valence-electron chi connectivity index (χ0n) is 9.22. The van der Waals surface area contributed by atoms with Crippen LogP contribution in [0, 0.1) is 11.8 Å². The first-order chi connectivity index (χ1) is 8.16. The molecule has 1 aliphatic carbocycles. The van der Waals surface area contributed by atoms with Crippen LogP contribution in [0.1, 0.15) is 19.3 Å². The van der Waals surface area contributed by atoms with Crippen molar-refractivity contribution in [1.82, 2.24) is 0 Å². The fourth-order valence-corrected chi connectivity index (χ4v) is 4.25. The van der Waals surface area contributed by atoms with Crippen molar-refractivity contribution in [1.29, 1.82) is 0 Å². The summed E-state index contributed by atoms with van der Waals surface area (Å²) >= 11 is 3.45. The van der Waals surface area contributed by atoms with E-state index in [0.717, 1.165) is 0 Å². The molecule has 0 bridgehead atoms. The quantitative estimate of drug-likeness (QED) is 0.319. The third kappa shape index (κ3) is 3.62. The highest BCUT2D eigenvalue weighted by Gasteiger charge is 2.44. The highest BCUT2D eigenvalue weighted by atomic mass is 35.5. The van der Waals surface area contributed by atoms with Crippen LogP contribution in [0.5, 0.6) is 0 Å². The minimum atomic E-state index is -4.65. The Hall–Kier alpha value is 0.230. The highest BCUT2D eigenvalue weighted by molar-refractivity contribution is 7.86. The van der Waals surface area contributed by atoms with Crippen molar-refractivity contribution in [3.63, 3.8) is 0 Å². The Kier molecular flexibility index (Phi) is 5.54. The molecule has 0 saturated heterocycles. The van der Waals surface area contributed by atoms with E-state index in [1.54, 1.807) is 0 Å². The summed E-state index contributed by atoms with van der Waals surface area (Å²) in [6, 6.07) is 0. The molecule has 1 aliphatic rings. The first-order valence-corrected chi connectivity index (χ1v) is 8.33. The molecule has 0 radical (unpaired) electrons. The second kappa shape index (κ2) is 6.12. The van der Waals surface area contributed by atoms with Crippen LogP contribution in [0.4, 0.5) is 0 Å². The molecular formula is C8H15ClO7S2. The Morgan fingerprint density at radius 1 is 1.22 bits per heavy atom. The van der Waals surface area contributed by atoms with Gasteiger partial charge in [-0.3, -0.25) is 4.55 Å². The number of alkyl halides is 1. The zero-order valence-corrected chi connectivity index (χ0v) is 11.6. The predicted molar refractivity (Wildman–Crippen MR) is 64.8 cm³/mol. The van der Waals surface area contributed by atoms with Gasteiger partial charge in [-0.05, 0) is 12.8 Å². The lowest BCUT2D eigenvalue weighted by molar-refractivity contribution is 0.0833. The third-order valence-corrected chi connectivity index (χ3v) is 5.51. The maximum Gasteiger partial charge on any atom is 0.292 e. The molecule has 10 heteroatoms. The van der Waals surface area contributed by atoms with E-state index in [0.29, 0.717) is 12.8 Å². The summed E-state index contributed by atoms with van der Waals surface area (Å²) in [5.41, 5.74) is -3.66. The van der Waals surface area contributed by atoms with Gasteiger partial charge in [0, 0.05) is 17.2 Å². The van der Waals surface area contributed by atoms with E-state index in [1.165, 1.54) is 0 Å². The van der Waals surface area contributed by atoms with Crippen LogP contribution >= 0.6 is 11.6 Å². The topological polar surface area (TPSA) is 132 Å². The molecule has 1 rings (SSSR count). The van der Waals surface area contributed by atoms with Crippen molar-refractivity contribution < 1.29 is 31.9 Å². The van der Waals surface area contributed by atoms with Gasteiger partial charge in [-0.15, -0.1) is 11.6 Å². The molecule has 1 saturated carbocycles. The monoisotopic (exact) mass is 322 g/mol. The summed E-state index contributed by atoms with van der Waals surface area (Å²) < 4.78 is 50.1. The molecule has 6 unspecified atom stereocenters. The Morgan fingerprint density at radius 2 is 1.72 bits per heavy atom. The van der Waals surface area contributed by atoms with E-state index in [9.17, 15) is 22.8 Å². The molecule has 4 N–H and O–H groups in total. The highest BCUT2D eigenvalue weighted by Crippen LogP contribution is 2.38. The van der Waals surface area contributed by atoms with Gasteiger partial charge in [0.2, 0.25) is 0 Å². The molecule has 0 aliphatic heterocycles. The first kappa shape index (κ1) is 16.3. The standard InChI is InChI=1S/C8H15ClO7S2/c9-6-4(7(10)17(12)13)2-1-3-5(6)8(11)18(14,15)16/h4-8,10-11H,1-3H2,(H,12,13)(H,14,15,16). The molecule has 1 fully saturated rings. The Morgan fingerprint density at radius 3 is 2.17 bits per heavy atom. The number of aliphatic hydroxyl groups is 2. The summed E-state index contributed by atoms with van der Waals surface area (Å²) in [7, 11) is -4.65. The van der Waals surface area contributed by atoms with Crippen molar-refractivity contribution >= 4 is 32.8 Å². The normalized spacial score (nSPS) is 34.8. The second-order valence-corrected chi connectivity index (χ2v) is 7.33. The molecular weight excluding hydrogens is 308 g/mol. The van der Waals surface area contributed by atoms with Crippen LogP contribution in [-0.4, -0.2) is 48.2 Å². The number of halogens is 1. The molecule has 0 aromatic heterocycles. The number of rotatable bonds is 4. The summed E-state index contributed by atoms with van der Waals surface area (Å²) in [6.45, 7) is 0. The molecule has 6 atom stereocenters. The van der Waals surface area contributed by atoms with Crippen LogP contribution in [0.15, 0.2) is 0 Å². The third-order valence-electron chi connectivity index (χ3n) is 3.14. The fraction of sp³-hybridized carbons (Fsp3) is 1.00. The van der Waals surface area contributed by atoms with Crippen molar-refractivity contribution in [3.05, 3.63) is 0 Å². The fourth-order valence-electron chi connectivity index (χ4n) is 2.20. The van der Waals surface area contributed by atoms with Crippen molar-refractivity contribution in [2.24, 2.45) is 11.8 Å². The Balaban J connectivity index is 2.88. The van der Waals surface area contributed by atoms with Crippen LogP contribution in [0.25, 0.3) is 0 Å². The lowest BCUT2D eigenvalue weighted by Crippen LogP contribution is -2.45. The maximum atomic E-state index is 10.9. The van der Waals surface area contributed by atoms with Gasteiger partial charge < -0.3 is 14.8 Å². The minimum Gasteiger partial charge on any atom is -0.377 e. The van der Waals surface area contributed by atoms with Gasteiger partial charge in [0.25, 0.3) is 10.1 Å². The van der Waals surface area contributed by atoms with Crippen molar-refractivity contribution in [2.45, 2.75) is 35.5 Å². The minimum absolute atomic E-state index is 0.246. The lowest BCUT2D eigenvalue weighted by atomic mass is 9.81. The van der Waals surface area contributed by atoms with Crippen LogP contribution in [0.2, 0.25) is 0 Å². The first-order valence-electron chi connectivity index (χ1n) is 5.22. The second-order valence-electron chi connectivity index (χ2n) is 4.28. The lowest BCUT2D eigenvalue weighted by Gasteiger charge is -2.36. The molecule has 7 nitrogen and oxygen atoms in total. The van der Waals surface area contributed by atoms with Gasteiger partial charge in [-0.25, -0.2) is 4.21 Å². The molecule has 0 heterocycles. The van der Waals surface area contributed by atoms with E-state index in [2.05, 4.69) is 0 Å². The number of hydrogen-bond acceptors (Lipinski definition) is 5. The zero-order chi connectivity index (χ0) is 14.1. The summed E-state index contributed by atoms with van der Waals surface area (Å²) in [4.78, 5) is 0. The van der Waals surface area contributed by atoms with Gasteiger partial charge >= 0.3 is 0 Å². The Labute approximate surface area is 112 Å². The van der Waals surface area contributed by atoms with Crippen LogP contribution in [0.3, 0.4) is 0 Å². The summed E-state index contributed by atoms with van der Waals surface area (Å²) in [5.74, 6) is -1.80. The van der Waals surface area contributed by atoms with E-state index >= 15 is 0 Å². The van der Waals surface area contributed by atoms with E-state index in [1.807, 2.05) is 0 Å². The van der Waals surface area contributed by atoms with Crippen LogP contribution in [-0.2, 0) is 21.2 Å². The van der Waals surface area contributed by atoms with Crippen LogP contribution < -0.4 is 0 Å². The Bertz CT molecular complexity index is 412. The van der Waals surface area contributed by atoms with Gasteiger partial charge in [-0.1, -0.05) is 6.42 Å². The van der Waals surface area contributed by atoms with E-state index in [-0.39, 0.29) is 6.42 Å². The molecule has 18 heavy (non-hydrogen) atoms. The average molecular weight is 323 g/mol. The summed E-state index contributed by atoms with van der Waals surface area (Å²) in [6.07, 6.45) is 1.02. The number of hydrogen-bond donors (Lipinski definition) is 4. The van der Waals surface area contributed by atoms with E-state index < -0.39 is 49.3 Å². The van der Waals surface area contributed by atoms with Crippen molar-refractivity contribution in [3.8, 4) is 0 Å². The van der Waals surface area contributed by atoms with Gasteiger partial charge in [0.15, 0.2) is 22.0 Å². The smallest absolute Gasteiger partial charge is 0.292 e. The van der Waals surface area contributed by atoms with E-state index in [4.69, 9.17) is 20.7 Å². The molecule has 0 amide bonds.